The van der Waals surface area contributed by atoms with Crippen LogP contribution < -0.4 is 10.1 Å². The molecule has 3 aromatic rings. The number of fused-ring (bicyclic) bond motifs is 1. The average Bonchev–Trinajstić information content (AvgIpc) is 2.51. The number of aromatic hydroxyl groups is 1. The number of anilines is 2. The van der Waals surface area contributed by atoms with Gasteiger partial charge in [0.25, 0.3) is 0 Å². The van der Waals surface area contributed by atoms with Gasteiger partial charge in [-0.2, -0.15) is 0 Å². The molecule has 6 heteroatoms. The van der Waals surface area contributed by atoms with E-state index in [0.717, 1.165) is 27.9 Å². The number of nitrogens with one attached hydrogen (secondary N) is 1. The maximum absolute atomic E-state index is 9.56. The fourth-order valence-corrected chi connectivity index (χ4v) is 2.61. The van der Waals surface area contributed by atoms with Gasteiger partial charge in [0.2, 0.25) is 0 Å². The molecule has 0 aliphatic carbocycles. The number of phenolic OH excluding ortho intramolecular Hbond substituents is 1. The minimum atomic E-state index is 0.193. The Morgan fingerprint density at radius 2 is 2.00 bits per heavy atom. The monoisotopic (exact) mass is 359 g/mol. The molecule has 0 spiro atoms. The number of rotatable bonds is 3. The lowest BCUT2D eigenvalue weighted by Gasteiger charge is -2.11. The third kappa shape index (κ3) is 2.69. The molecule has 0 radical (unpaired) electrons. The van der Waals surface area contributed by atoms with Crippen LogP contribution in [0.4, 0.5) is 11.5 Å². The van der Waals surface area contributed by atoms with Crippen molar-refractivity contribution in [3.63, 3.8) is 0 Å². The first-order valence-electron chi connectivity index (χ1n) is 6.63. The van der Waals surface area contributed by atoms with E-state index in [0.29, 0.717) is 10.3 Å². The van der Waals surface area contributed by atoms with Crippen LogP contribution in [0.25, 0.3) is 10.9 Å². The molecule has 22 heavy (non-hydrogen) atoms. The lowest BCUT2D eigenvalue weighted by molar-refractivity contribution is 0.412. The van der Waals surface area contributed by atoms with E-state index >= 15 is 0 Å². The average molecular weight is 360 g/mol. The highest BCUT2D eigenvalue weighted by molar-refractivity contribution is 9.10. The van der Waals surface area contributed by atoms with Crippen LogP contribution in [0.1, 0.15) is 5.56 Å². The van der Waals surface area contributed by atoms with Crippen LogP contribution >= 0.6 is 15.9 Å². The summed E-state index contributed by atoms with van der Waals surface area (Å²) < 4.78 is 5.94. The number of hydrogen-bond donors (Lipinski definition) is 2. The fraction of sp³-hybridized carbons (Fsp3) is 0.125. The number of hydrogen-bond acceptors (Lipinski definition) is 5. The summed E-state index contributed by atoms with van der Waals surface area (Å²) in [4.78, 5) is 8.59. The first-order valence-corrected chi connectivity index (χ1v) is 7.42. The molecule has 0 aliphatic rings. The summed E-state index contributed by atoms with van der Waals surface area (Å²) >= 11 is 3.30. The minimum absolute atomic E-state index is 0.193. The number of ether oxygens (including phenoxy) is 1. The predicted octanol–water partition coefficient (Wildman–Crippen LogP) is 4.16. The minimum Gasteiger partial charge on any atom is -0.507 e. The number of phenols is 1. The molecule has 2 aromatic carbocycles. The van der Waals surface area contributed by atoms with E-state index in [2.05, 4.69) is 31.2 Å². The van der Waals surface area contributed by atoms with E-state index in [9.17, 15) is 5.11 Å². The lowest BCUT2D eigenvalue weighted by Crippen LogP contribution is -1.97. The SMILES string of the molecule is COc1cc2ncnc(Nc3ccc(O)c(Br)c3)c2cc1C. The van der Waals surface area contributed by atoms with E-state index in [-0.39, 0.29) is 5.75 Å². The summed E-state index contributed by atoms with van der Waals surface area (Å²) in [6.07, 6.45) is 1.51. The van der Waals surface area contributed by atoms with Crippen LogP contribution in [-0.4, -0.2) is 22.2 Å². The fourth-order valence-electron chi connectivity index (χ4n) is 2.23. The van der Waals surface area contributed by atoms with Crippen molar-refractivity contribution in [1.82, 2.24) is 9.97 Å². The highest BCUT2D eigenvalue weighted by Gasteiger charge is 2.09. The molecule has 3 rings (SSSR count). The van der Waals surface area contributed by atoms with Crippen molar-refractivity contribution in [2.45, 2.75) is 6.92 Å². The van der Waals surface area contributed by atoms with Gasteiger partial charge in [0.15, 0.2) is 0 Å². The van der Waals surface area contributed by atoms with E-state index in [1.165, 1.54) is 6.33 Å². The number of methoxy groups -OCH3 is 1. The summed E-state index contributed by atoms with van der Waals surface area (Å²) in [5, 5.41) is 13.7. The zero-order valence-corrected chi connectivity index (χ0v) is 13.7. The van der Waals surface area contributed by atoms with E-state index in [1.807, 2.05) is 19.1 Å². The van der Waals surface area contributed by atoms with Crippen molar-refractivity contribution in [1.29, 1.82) is 0 Å². The Labute approximate surface area is 136 Å². The van der Waals surface area contributed by atoms with E-state index in [1.54, 1.807) is 25.3 Å². The normalized spacial score (nSPS) is 10.7. The van der Waals surface area contributed by atoms with Crippen molar-refractivity contribution in [2.24, 2.45) is 0 Å². The Morgan fingerprint density at radius 3 is 2.73 bits per heavy atom. The summed E-state index contributed by atoms with van der Waals surface area (Å²) in [5.74, 6) is 1.69. The highest BCUT2D eigenvalue weighted by atomic mass is 79.9. The van der Waals surface area contributed by atoms with Gasteiger partial charge >= 0.3 is 0 Å². The second-order valence-electron chi connectivity index (χ2n) is 4.85. The number of benzene rings is 2. The van der Waals surface area contributed by atoms with Crippen molar-refractivity contribution in [3.8, 4) is 11.5 Å². The van der Waals surface area contributed by atoms with Gasteiger partial charge in [0, 0.05) is 17.1 Å². The van der Waals surface area contributed by atoms with Gasteiger partial charge in [-0.25, -0.2) is 9.97 Å². The van der Waals surface area contributed by atoms with Crippen molar-refractivity contribution < 1.29 is 9.84 Å². The smallest absolute Gasteiger partial charge is 0.141 e. The maximum atomic E-state index is 9.56. The second kappa shape index (κ2) is 5.81. The summed E-state index contributed by atoms with van der Waals surface area (Å²) in [6, 6.07) is 9.07. The third-order valence-electron chi connectivity index (χ3n) is 3.36. The molecule has 0 saturated heterocycles. The first kappa shape index (κ1) is 14.6. The highest BCUT2D eigenvalue weighted by Crippen LogP contribution is 2.31. The maximum Gasteiger partial charge on any atom is 0.141 e. The molecule has 1 aromatic heterocycles. The van der Waals surface area contributed by atoms with Gasteiger partial charge in [0.05, 0.1) is 17.1 Å². The quantitative estimate of drug-likeness (QED) is 0.687. The molecule has 0 unspecified atom stereocenters. The Kier molecular flexibility index (Phi) is 3.85. The van der Waals surface area contributed by atoms with Crippen LogP contribution in [-0.2, 0) is 0 Å². The second-order valence-corrected chi connectivity index (χ2v) is 5.71. The summed E-state index contributed by atoms with van der Waals surface area (Å²) in [5.41, 5.74) is 2.63. The van der Waals surface area contributed by atoms with Crippen LogP contribution in [0.3, 0.4) is 0 Å². The lowest BCUT2D eigenvalue weighted by atomic mass is 10.1. The Balaban J connectivity index is 2.06. The summed E-state index contributed by atoms with van der Waals surface area (Å²) in [7, 11) is 1.64. The number of aromatic nitrogens is 2. The van der Waals surface area contributed by atoms with Crippen LogP contribution in [0.15, 0.2) is 41.1 Å². The van der Waals surface area contributed by atoms with E-state index in [4.69, 9.17) is 4.74 Å². The molecule has 0 saturated carbocycles. The summed E-state index contributed by atoms with van der Waals surface area (Å²) in [6.45, 7) is 1.98. The molecule has 112 valence electrons. The first-order chi connectivity index (χ1) is 10.6. The Hall–Kier alpha value is -2.34. The molecule has 0 amide bonds. The van der Waals surface area contributed by atoms with Gasteiger partial charge < -0.3 is 15.2 Å². The molecule has 0 atom stereocenters. The van der Waals surface area contributed by atoms with Crippen LogP contribution in [0.2, 0.25) is 0 Å². The van der Waals surface area contributed by atoms with Gasteiger partial charge in [-0.1, -0.05) is 0 Å². The van der Waals surface area contributed by atoms with Gasteiger partial charge in [-0.3, -0.25) is 0 Å². The Morgan fingerprint density at radius 1 is 1.18 bits per heavy atom. The third-order valence-corrected chi connectivity index (χ3v) is 4.00. The molecule has 2 N–H and O–H groups in total. The van der Waals surface area contributed by atoms with Crippen LogP contribution in [0.5, 0.6) is 11.5 Å². The molecule has 0 fully saturated rings. The van der Waals surface area contributed by atoms with Crippen molar-refractivity contribution >= 4 is 38.3 Å². The van der Waals surface area contributed by atoms with Crippen molar-refractivity contribution in [3.05, 3.63) is 46.7 Å². The van der Waals surface area contributed by atoms with Gasteiger partial charge in [-0.15, -0.1) is 0 Å². The molecular weight excluding hydrogens is 346 g/mol. The topological polar surface area (TPSA) is 67.3 Å². The zero-order chi connectivity index (χ0) is 15.7. The molecule has 1 heterocycles. The van der Waals surface area contributed by atoms with Gasteiger partial charge in [-0.05, 0) is 52.7 Å². The van der Waals surface area contributed by atoms with E-state index < -0.39 is 0 Å². The predicted molar refractivity (Wildman–Crippen MR) is 89.9 cm³/mol. The molecule has 5 nitrogen and oxygen atoms in total. The number of halogens is 1. The number of nitrogens with zero attached hydrogens (tertiary/aromatic N) is 2. The van der Waals surface area contributed by atoms with Crippen molar-refractivity contribution in [2.75, 3.05) is 12.4 Å². The van der Waals surface area contributed by atoms with Crippen LogP contribution in [0, 0.1) is 6.92 Å². The molecule has 0 bridgehead atoms. The molecule has 0 aliphatic heterocycles. The molecular formula is C16H14BrN3O2. The standard InChI is InChI=1S/C16H14BrN3O2/c1-9-5-11-13(7-15(9)22-2)18-8-19-16(11)20-10-3-4-14(21)12(17)6-10/h3-8,21H,1-2H3,(H,18,19,20). The Bertz CT molecular complexity index is 852. The largest absolute Gasteiger partial charge is 0.507 e. The number of aryl methyl sites for hydroxylation is 1. The van der Waals surface area contributed by atoms with Gasteiger partial charge in [0.1, 0.15) is 23.6 Å². The zero-order valence-electron chi connectivity index (χ0n) is 12.1.